The zero-order valence-electron chi connectivity index (χ0n) is 45.8. The Bertz CT molecular complexity index is 1250. The van der Waals surface area contributed by atoms with Crippen molar-refractivity contribution in [1.29, 1.82) is 0 Å². The van der Waals surface area contributed by atoms with Crippen molar-refractivity contribution in [2.45, 2.75) is 309 Å². The summed E-state index contributed by atoms with van der Waals surface area (Å²) < 4.78 is 16.9. The maximum Gasteiger partial charge on any atom is 0.306 e. The van der Waals surface area contributed by atoms with E-state index < -0.39 is 6.10 Å². The molecule has 400 valence electrons. The molecule has 0 aliphatic carbocycles. The molecular formula is C63H112O6. The van der Waals surface area contributed by atoms with E-state index in [1.54, 1.807) is 0 Å². The number of hydrogen-bond donors (Lipinski definition) is 0. The minimum absolute atomic E-state index is 0.0828. The van der Waals surface area contributed by atoms with E-state index in [2.05, 4.69) is 81.5 Å². The van der Waals surface area contributed by atoms with Crippen LogP contribution in [0.1, 0.15) is 303 Å². The number of carbonyl (C=O) groups is 3. The van der Waals surface area contributed by atoms with Gasteiger partial charge in [-0.3, -0.25) is 14.4 Å². The van der Waals surface area contributed by atoms with Gasteiger partial charge in [-0.05, 0) is 83.5 Å². The van der Waals surface area contributed by atoms with Crippen LogP contribution in [0.5, 0.6) is 0 Å². The van der Waals surface area contributed by atoms with Crippen molar-refractivity contribution in [3.63, 3.8) is 0 Å². The highest BCUT2D eigenvalue weighted by atomic mass is 16.6. The molecule has 0 fully saturated rings. The highest BCUT2D eigenvalue weighted by molar-refractivity contribution is 5.71. The Morgan fingerprint density at radius 3 is 0.899 bits per heavy atom. The van der Waals surface area contributed by atoms with Crippen molar-refractivity contribution in [3.8, 4) is 0 Å². The Morgan fingerprint density at radius 1 is 0.304 bits per heavy atom. The van der Waals surface area contributed by atoms with E-state index in [0.29, 0.717) is 19.3 Å². The number of carbonyl (C=O) groups excluding carboxylic acids is 3. The highest BCUT2D eigenvalue weighted by Crippen LogP contribution is 2.16. The van der Waals surface area contributed by atoms with E-state index in [9.17, 15) is 14.4 Å². The van der Waals surface area contributed by atoms with Crippen LogP contribution < -0.4 is 0 Å². The lowest BCUT2D eigenvalue weighted by atomic mass is 10.0. The first-order valence-corrected chi connectivity index (χ1v) is 29.8. The number of ether oxygens (including phenoxy) is 3. The molecule has 0 amide bonds. The fourth-order valence-electron chi connectivity index (χ4n) is 8.55. The molecule has 0 aromatic rings. The first kappa shape index (κ1) is 66.1. The van der Waals surface area contributed by atoms with Gasteiger partial charge in [-0.15, -0.1) is 0 Å². The van der Waals surface area contributed by atoms with Gasteiger partial charge >= 0.3 is 17.9 Å². The second kappa shape index (κ2) is 57.7. The number of hydrogen-bond acceptors (Lipinski definition) is 6. The highest BCUT2D eigenvalue weighted by Gasteiger charge is 2.19. The number of unbranched alkanes of at least 4 members (excludes halogenated alkanes) is 33. The molecule has 0 saturated carbocycles. The van der Waals surface area contributed by atoms with Crippen molar-refractivity contribution >= 4 is 17.9 Å². The lowest BCUT2D eigenvalue weighted by Crippen LogP contribution is -2.30. The minimum atomic E-state index is -0.787. The average molecular weight is 966 g/mol. The molecular weight excluding hydrogens is 853 g/mol. The van der Waals surface area contributed by atoms with Crippen LogP contribution in [0.25, 0.3) is 0 Å². The van der Waals surface area contributed by atoms with Crippen LogP contribution in [0.15, 0.2) is 60.8 Å². The van der Waals surface area contributed by atoms with Crippen LogP contribution in [0.3, 0.4) is 0 Å². The summed E-state index contributed by atoms with van der Waals surface area (Å²) in [6.07, 6.45) is 72.1. The number of esters is 3. The van der Waals surface area contributed by atoms with Crippen molar-refractivity contribution < 1.29 is 28.6 Å². The molecule has 1 unspecified atom stereocenters. The van der Waals surface area contributed by atoms with Gasteiger partial charge in [0, 0.05) is 19.3 Å². The smallest absolute Gasteiger partial charge is 0.306 e. The van der Waals surface area contributed by atoms with Crippen molar-refractivity contribution in [3.05, 3.63) is 60.8 Å². The molecule has 0 radical (unpaired) electrons. The fourth-order valence-corrected chi connectivity index (χ4v) is 8.55. The third-order valence-corrected chi connectivity index (χ3v) is 13.0. The van der Waals surface area contributed by atoms with Gasteiger partial charge in [0.1, 0.15) is 13.2 Å². The Kier molecular flexibility index (Phi) is 55.3. The third kappa shape index (κ3) is 55.9. The molecule has 0 aliphatic rings. The Labute approximate surface area is 428 Å². The summed E-state index contributed by atoms with van der Waals surface area (Å²) in [5.41, 5.74) is 0. The summed E-state index contributed by atoms with van der Waals surface area (Å²) in [6, 6.07) is 0. The normalized spacial score (nSPS) is 12.4. The Balaban J connectivity index is 4.40. The maximum absolute atomic E-state index is 12.9. The standard InChI is InChI=1S/C63H112O6/c1-4-7-10-13-16-19-22-25-28-31-33-35-38-41-44-47-50-53-56-62(65)68-59-60(58-67-61(64)55-52-49-46-43-40-37-34-30-27-24-21-18-15-12-9-6-3)69-63(66)57-54-51-48-45-42-39-36-32-29-26-23-20-17-14-11-8-5-2/h8,11,17,20,26,28-29,31,36,39,60H,4-7,9-10,12-16,18-19,21-25,27,30,32-35,37-38,40-59H2,1-3H3/b11-8-,20-17-,29-26-,31-28-,39-36-. The first-order chi connectivity index (χ1) is 34.0. The van der Waals surface area contributed by atoms with E-state index in [1.165, 1.54) is 167 Å². The van der Waals surface area contributed by atoms with Crippen LogP contribution >= 0.6 is 0 Å². The summed E-state index contributed by atoms with van der Waals surface area (Å²) in [5, 5.41) is 0. The molecule has 1 atom stereocenters. The fraction of sp³-hybridized carbons (Fsp3) is 0.794. The second-order valence-electron chi connectivity index (χ2n) is 19.9. The van der Waals surface area contributed by atoms with Gasteiger partial charge in [0.05, 0.1) is 0 Å². The van der Waals surface area contributed by atoms with E-state index in [1.807, 2.05) is 0 Å². The predicted octanol–water partition coefficient (Wildman–Crippen LogP) is 20.0. The quantitative estimate of drug-likeness (QED) is 0.0262. The van der Waals surface area contributed by atoms with E-state index >= 15 is 0 Å². The summed E-state index contributed by atoms with van der Waals surface area (Å²) in [4.78, 5) is 38.2. The zero-order chi connectivity index (χ0) is 50.0. The van der Waals surface area contributed by atoms with Crippen LogP contribution in [0, 0.1) is 0 Å². The van der Waals surface area contributed by atoms with Gasteiger partial charge in [0.15, 0.2) is 6.10 Å². The molecule has 6 heteroatoms. The largest absolute Gasteiger partial charge is 0.462 e. The minimum Gasteiger partial charge on any atom is -0.462 e. The molecule has 0 rings (SSSR count). The lowest BCUT2D eigenvalue weighted by molar-refractivity contribution is -0.167. The van der Waals surface area contributed by atoms with Gasteiger partial charge in [-0.25, -0.2) is 0 Å². The summed E-state index contributed by atoms with van der Waals surface area (Å²) >= 11 is 0. The van der Waals surface area contributed by atoms with Crippen molar-refractivity contribution in [2.24, 2.45) is 0 Å². The van der Waals surface area contributed by atoms with E-state index in [-0.39, 0.29) is 31.1 Å². The summed E-state index contributed by atoms with van der Waals surface area (Å²) in [7, 11) is 0. The van der Waals surface area contributed by atoms with Crippen LogP contribution in [0.4, 0.5) is 0 Å². The topological polar surface area (TPSA) is 78.9 Å². The van der Waals surface area contributed by atoms with Gasteiger partial charge in [-0.2, -0.15) is 0 Å². The summed E-state index contributed by atoms with van der Waals surface area (Å²) in [5.74, 6) is -0.897. The zero-order valence-corrected chi connectivity index (χ0v) is 45.8. The molecule has 0 aromatic heterocycles. The molecule has 0 spiro atoms. The van der Waals surface area contributed by atoms with Crippen molar-refractivity contribution in [1.82, 2.24) is 0 Å². The van der Waals surface area contributed by atoms with Gasteiger partial charge in [-0.1, -0.05) is 261 Å². The van der Waals surface area contributed by atoms with E-state index in [4.69, 9.17) is 14.2 Å². The maximum atomic E-state index is 12.9. The lowest BCUT2D eigenvalue weighted by Gasteiger charge is -2.18. The van der Waals surface area contributed by atoms with Crippen LogP contribution in [-0.2, 0) is 28.6 Å². The molecule has 0 heterocycles. The Morgan fingerprint density at radius 2 is 0.565 bits per heavy atom. The molecule has 69 heavy (non-hydrogen) atoms. The average Bonchev–Trinajstić information content (AvgIpc) is 3.35. The van der Waals surface area contributed by atoms with E-state index in [0.717, 1.165) is 96.3 Å². The summed E-state index contributed by atoms with van der Waals surface area (Å²) in [6.45, 7) is 6.54. The Hall–Kier alpha value is -2.89. The first-order valence-electron chi connectivity index (χ1n) is 29.8. The molecule has 0 N–H and O–H groups in total. The number of allylic oxidation sites excluding steroid dienone is 10. The molecule has 0 saturated heterocycles. The van der Waals surface area contributed by atoms with Crippen LogP contribution in [0.2, 0.25) is 0 Å². The van der Waals surface area contributed by atoms with Crippen molar-refractivity contribution in [2.75, 3.05) is 13.2 Å². The molecule has 0 aliphatic heterocycles. The van der Waals surface area contributed by atoms with Crippen LogP contribution in [-0.4, -0.2) is 37.2 Å². The van der Waals surface area contributed by atoms with Gasteiger partial charge in [0.25, 0.3) is 0 Å². The SMILES string of the molecule is CC/C=C\C/C=C\C/C=C\C/C=C\CCCCCCC(=O)OC(COC(=O)CCCCCCCCC/C=C\CCCCCCCCC)COC(=O)CCCCCCCCCCCCCCCCCC. The predicted molar refractivity (Wildman–Crippen MR) is 298 cm³/mol. The molecule has 0 bridgehead atoms. The van der Waals surface area contributed by atoms with Gasteiger partial charge < -0.3 is 14.2 Å². The monoisotopic (exact) mass is 965 g/mol. The molecule has 0 aromatic carbocycles. The third-order valence-electron chi connectivity index (χ3n) is 13.0. The number of rotatable bonds is 54. The molecule has 6 nitrogen and oxygen atoms in total. The second-order valence-corrected chi connectivity index (χ2v) is 19.9. The van der Waals surface area contributed by atoms with Gasteiger partial charge in [0.2, 0.25) is 0 Å².